The molecule has 0 atom stereocenters. The number of aromatic nitrogens is 2. The second-order valence-electron chi connectivity index (χ2n) is 4.43. The number of nitrogens with two attached hydrogens (primary N) is 1. The Bertz CT molecular complexity index is 780. The van der Waals surface area contributed by atoms with Gasteiger partial charge in [0.05, 0.1) is 5.56 Å². The van der Waals surface area contributed by atoms with Crippen molar-refractivity contribution in [3.05, 3.63) is 60.6 Å². The number of rotatable bonds is 3. The molecular weight excluding hydrogens is 266 g/mol. The molecule has 2 heterocycles. The van der Waals surface area contributed by atoms with Crippen LogP contribution in [-0.2, 0) is 0 Å². The first kappa shape index (κ1) is 13.0. The molecule has 0 aliphatic rings. The zero-order chi connectivity index (χ0) is 14.7. The molecule has 0 radical (unpaired) electrons. The van der Waals surface area contributed by atoms with Crippen LogP contribution in [0.3, 0.4) is 0 Å². The smallest absolute Gasteiger partial charge is 0.257 e. The molecule has 21 heavy (non-hydrogen) atoms. The van der Waals surface area contributed by atoms with Crippen LogP contribution in [0.15, 0.2) is 55.0 Å². The summed E-state index contributed by atoms with van der Waals surface area (Å²) < 4.78 is 0. The number of anilines is 2. The van der Waals surface area contributed by atoms with Crippen LogP contribution in [0.4, 0.5) is 11.5 Å². The van der Waals surface area contributed by atoms with Gasteiger partial charge < -0.3 is 10.7 Å². The van der Waals surface area contributed by atoms with Gasteiger partial charge in [0, 0.05) is 35.1 Å². The van der Waals surface area contributed by atoms with Crippen LogP contribution in [0.5, 0.6) is 0 Å². The topological polar surface area (TPSA) is 92.9 Å². The van der Waals surface area contributed by atoms with Gasteiger partial charge in [0.25, 0.3) is 5.91 Å². The summed E-state index contributed by atoms with van der Waals surface area (Å²) in [6.45, 7) is 0. The first-order chi connectivity index (χ1) is 10.3. The molecule has 0 bridgehead atoms. The third-order valence-corrected chi connectivity index (χ3v) is 3.10. The normalized spacial score (nSPS) is 10.3. The Balaban J connectivity index is 1.89. The lowest BCUT2D eigenvalue weighted by molar-refractivity contribution is 0.102. The Labute approximate surface area is 121 Å². The summed E-state index contributed by atoms with van der Waals surface area (Å²) in [5, 5.41) is 4.79. The number of hydrazine groups is 1. The molecule has 0 unspecified atom stereocenters. The third kappa shape index (κ3) is 2.65. The number of fused-ring (bicyclic) bond motifs is 1. The molecule has 1 aromatic carbocycles. The first-order valence-corrected chi connectivity index (χ1v) is 6.35. The van der Waals surface area contributed by atoms with Gasteiger partial charge in [-0.3, -0.25) is 9.78 Å². The Morgan fingerprint density at radius 1 is 1.10 bits per heavy atom. The highest BCUT2D eigenvalue weighted by Crippen LogP contribution is 2.22. The fraction of sp³-hybridized carbons (Fsp3) is 0. The minimum atomic E-state index is -0.226. The zero-order valence-corrected chi connectivity index (χ0v) is 11.1. The molecule has 0 aliphatic heterocycles. The predicted octanol–water partition coefficient (Wildman–Crippen LogP) is 2.17. The number of hydrogen-bond acceptors (Lipinski definition) is 5. The number of carbonyl (C=O) groups excluding carboxylic acids is 1. The van der Waals surface area contributed by atoms with Gasteiger partial charge in [-0.1, -0.05) is 12.1 Å². The highest BCUT2D eigenvalue weighted by molar-refractivity contribution is 6.08. The zero-order valence-electron chi connectivity index (χ0n) is 11.1. The van der Waals surface area contributed by atoms with Crippen molar-refractivity contribution in [1.82, 2.24) is 9.97 Å². The largest absolute Gasteiger partial charge is 0.321 e. The van der Waals surface area contributed by atoms with Crippen molar-refractivity contribution in [2.24, 2.45) is 5.84 Å². The van der Waals surface area contributed by atoms with Crippen LogP contribution in [-0.4, -0.2) is 15.9 Å². The molecule has 4 N–H and O–H groups in total. The summed E-state index contributed by atoms with van der Waals surface area (Å²) in [7, 11) is 0. The molecule has 0 saturated heterocycles. The monoisotopic (exact) mass is 279 g/mol. The summed E-state index contributed by atoms with van der Waals surface area (Å²) in [6, 6.07) is 10.8. The van der Waals surface area contributed by atoms with Crippen LogP contribution in [0.1, 0.15) is 10.4 Å². The van der Waals surface area contributed by atoms with E-state index in [1.165, 1.54) is 6.20 Å². The summed E-state index contributed by atoms with van der Waals surface area (Å²) in [5.41, 5.74) is 3.61. The molecular formula is C15H13N5O. The maximum Gasteiger partial charge on any atom is 0.257 e. The summed E-state index contributed by atoms with van der Waals surface area (Å²) >= 11 is 0. The standard InChI is InChI=1S/C15H13N5O/c16-20-14-5-4-11(9-18-14)15(21)19-13-3-1-2-10-8-17-7-6-12(10)13/h1-9H,16H2,(H,18,20)(H,19,21). The number of amides is 1. The predicted molar refractivity (Wildman–Crippen MR) is 81.7 cm³/mol. The number of nitrogens with zero attached hydrogens (tertiary/aromatic N) is 2. The van der Waals surface area contributed by atoms with E-state index in [2.05, 4.69) is 20.7 Å². The lowest BCUT2D eigenvalue weighted by Gasteiger charge is -2.08. The van der Waals surface area contributed by atoms with E-state index in [4.69, 9.17) is 5.84 Å². The van der Waals surface area contributed by atoms with Crippen molar-refractivity contribution in [3.63, 3.8) is 0 Å². The van der Waals surface area contributed by atoms with E-state index >= 15 is 0 Å². The number of pyridine rings is 2. The fourth-order valence-electron chi connectivity index (χ4n) is 2.04. The Kier molecular flexibility index (Phi) is 3.44. The Morgan fingerprint density at radius 2 is 2.00 bits per heavy atom. The number of hydrogen-bond donors (Lipinski definition) is 3. The molecule has 104 valence electrons. The van der Waals surface area contributed by atoms with Gasteiger partial charge in [-0.25, -0.2) is 10.8 Å². The molecule has 0 saturated carbocycles. The maximum absolute atomic E-state index is 12.2. The van der Waals surface area contributed by atoms with Gasteiger partial charge in [0.1, 0.15) is 5.82 Å². The summed E-state index contributed by atoms with van der Waals surface area (Å²) in [6.07, 6.45) is 4.92. The highest BCUT2D eigenvalue weighted by Gasteiger charge is 2.08. The van der Waals surface area contributed by atoms with E-state index in [1.54, 1.807) is 24.5 Å². The van der Waals surface area contributed by atoms with Crippen molar-refractivity contribution < 1.29 is 4.79 Å². The quantitative estimate of drug-likeness (QED) is 0.504. The van der Waals surface area contributed by atoms with Crippen molar-refractivity contribution in [3.8, 4) is 0 Å². The summed E-state index contributed by atoms with van der Waals surface area (Å²) in [4.78, 5) is 20.3. The molecule has 6 heteroatoms. The number of nitrogens with one attached hydrogen (secondary N) is 2. The molecule has 2 aromatic heterocycles. The average molecular weight is 279 g/mol. The summed E-state index contributed by atoms with van der Waals surface area (Å²) in [5.74, 6) is 5.52. The maximum atomic E-state index is 12.2. The SMILES string of the molecule is NNc1ccc(C(=O)Nc2cccc3cnccc23)cn1. The van der Waals surface area contributed by atoms with E-state index in [-0.39, 0.29) is 5.91 Å². The van der Waals surface area contributed by atoms with Gasteiger partial charge in [0.15, 0.2) is 0 Å². The fourth-order valence-corrected chi connectivity index (χ4v) is 2.04. The molecule has 0 spiro atoms. The van der Waals surface area contributed by atoms with Crippen LogP contribution in [0.2, 0.25) is 0 Å². The van der Waals surface area contributed by atoms with Gasteiger partial charge >= 0.3 is 0 Å². The van der Waals surface area contributed by atoms with Crippen LogP contribution in [0, 0.1) is 0 Å². The van der Waals surface area contributed by atoms with Crippen LogP contribution < -0.4 is 16.6 Å². The second kappa shape index (κ2) is 5.56. The Morgan fingerprint density at radius 3 is 2.76 bits per heavy atom. The molecule has 6 nitrogen and oxygen atoms in total. The number of nitrogen functional groups attached to an aromatic ring is 1. The van der Waals surface area contributed by atoms with Crippen molar-refractivity contribution in [1.29, 1.82) is 0 Å². The molecule has 1 amide bonds. The van der Waals surface area contributed by atoms with E-state index in [0.717, 1.165) is 16.5 Å². The van der Waals surface area contributed by atoms with Crippen LogP contribution >= 0.6 is 0 Å². The molecule has 0 aliphatic carbocycles. The molecule has 3 aromatic rings. The van der Waals surface area contributed by atoms with E-state index in [9.17, 15) is 4.79 Å². The van der Waals surface area contributed by atoms with E-state index < -0.39 is 0 Å². The minimum Gasteiger partial charge on any atom is -0.321 e. The van der Waals surface area contributed by atoms with Gasteiger partial charge in [0.2, 0.25) is 0 Å². The van der Waals surface area contributed by atoms with Gasteiger partial charge in [-0.15, -0.1) is 0 Å². The Hall–Kier alpha value is -2.99. The van der Waals surface area contributed by atoms with Crippen molar-refractivity contribution >= 4 is 28.2 Å². The highest BCUT2D eigenvalue weighted by atomic mass is 16.1. The van der Waals surface area contributed by atoms with E-state index in [1.807, 2.05) is 24.3 Å². The molecule has 0 fully saturated rings. The lowest BCUT2D eigenvalue weighted by atomic mass is 10.1. The van der Waals surface area contributed by atoms with E-state index in [0.29, 0.717) is 11.4 Å². The lowest BCUT2D eigenvalue weighted by Crippen LogP contribution is -2.13. The van der Waals surface area contributed by atoms with Gasteiger partial charge in [-0.2, -0.15) is 0 Å². The third-order valence-electron chi connectivity index (χ3n) is 3.10. The van der Waals surface area contributed by atoms with Crippen LogP contribution in [0.25, 0.3) is 10.8 Å². The average Bonchev–Trinajstić information content (AvgIpc) is 2.55. The van der Waals surface area contributed by atoms with Crippen molar-refractivity contribution in [2.45, 2.75) is 0 Å². The first-order valence-electron chi connectivity index (χ1n) is 6.35. The van der Waals surface area contributed by atoms with Crippen molar-refractivity contribution in [2.75, 3.05) is 10.7 Å². The minimum absolute atomic E-state index is 0.226. The number of carbonyl (C=O) groups is 1. The van der Waals surface area contributed by atoms with Gasteiger partial charge in [-0.05, 0) is 24.3 Å². The number of benzene rings is 1. The second-order valence-corrected chi connectivity index (χ2v) is 4.43. The molecule has 3 rings (SSSR count).